The zero-order chi connectivity index (χ0) is 9.14. The fourth-order valence-electron chi connectivity index (χ4n) is 1.62. The van der Waals surface area contributed by atoms with Gasteiger partial charge in [0.25, 0.3) is 0 Å². The first kappa shape index (κ1) is 9.72. The molecular formula is C10H18O2. The molecule has 12 heavy (non-hydrogen) atoms. The van der Waals surface area contributed by atoms with E-state index in [-0.39, 0.29) is 11.9 Å². The van der Waals surface area contributed by atoms with Gasteiger partial charge in [0.05, 0.1) is 6.61 Å². The van der Waals surface area contributed by atoms with Crippen LogP contribution >= 0.6 is 0 Å². The number of Topliss-reactive ketones (excluding diaryl/α,β-unsaturated/α-hetero) is 1. The van der Waals surface area contributed by atoms with Crippen LogP contribution in [0.3, 0.4) is 0 Å². The highest BCUT2D eigenvalue weighted by molar-refractivity contribution is 5.80. The molecule has 0 bridgehead atoms. The maximum atomic E-state index is 11.0. The summed E-state index contributed by atoms with van der Waals surface area (Å²) in [6, 6.07) is 0. The van der Waals surface area contributed by atoms with Crippen molar-refractivity contribution in [3.05, 3.63) is 0 Å². The van der Waals surface area contributed by atoms with Gasteiger partial charge >= 0.3 is 0 Å². The van der Waals surface area contributed by atoms with Crippen LogP contribution in [0, 0.1) is 11.8 Å². The summed E-state index contributed by atoms with van der Waals surface area (Å²) in [6.45, 7) is 6.80. The molecular weight excluding hydrogens is 152 g/mol. The first-order valence-electron chi connectivity index (χ1n) is 4.73. The molecule has 1 heterocycles. The van der Waals surface area contributed by atoms with E-state index in [4.69, 9.17) is 4.74 Å². The van der Waals surface area contributed by atoms with Gasteiger partial charge in [-0.05, 0) is 31.6 Å². The minimum atomic E-state index is -0.111. The summed E-state index contributed by atoms with van der Waals surface area (Å²) in [6.07, 6.45) is 1.94. The van der Waals surface area contributed by atoms with Crippen molar-refractivity contribution in [3.8, 4) is 0 Å². The molecule has 2 atom stereocenters. The molecule has 1 aliphatic rings. The van der Waals surface area contributed by atoms with Crippen LogP contribution in [0.15, 0.2) is 0 Å². The summed E-state index contributed by atoms with van der Waals surface area (Å²) >= 11 is 0. The Balaban J connectivity index is 2.34. The van der Waals surface area contributed by atoms with E-state index in [0.29, 0.717) is 11.8 Å². The molecule has 70 valence electrons. The average Bonchev–Trinajstić information content (AvgIpc) is 2.04. The van der Waals surface area contributed by atoms with Crippen LogP contribution < -0.4 is 0 Å². The fraction of sp³-hybridized carbons (Fsp3) is 0.900. The van der Waals surface area contributed by atoms with Gasteiger partial charge in [-0.1, -0.05) is 13.8 Å². The molecule has 1 aliphatic heterocycles. The van der Waals surface area contributed by atoms with Crippen molar-refractivity contribution in [1.29, 1.82) is 0 Å². The minimum absolute atomic E-state index is 0.111. The monoisotopic (exact) mass is 170 g/mol. The van der Waals surface area contributed by atoms with Crippen molar-refractivity contribution < 1.29 is 9.53 Å². The molecule has 0 unspecified atom stereocenters. The van der Waals surface area contributed by atoms with Crippen molar-refractivity contribution in [1.82, 2.24) is 0 Å². The van der Waals surface area contributed by atoms with Crippen molar-refractivity contribution in [2.45, 2.75) is 39.7 Å². The van der Waals surface area contributed by atoms with Crippen molar-refractivity contribution in [2.75, 3.05) is 6.61 Å². The average molecular weight is 170 g/mol. The van der Waals surface area contributed by atoms with Crippen LogP contribution in [0.1, 0.15) is 33.6 Å². The highest BCUT2D eigenvalue weighted by atomic mass is 16.5. The molecule has 1 fully saturated rings. The Morgan fingerprint density at radius 1 is 1.42 bits per heavy atom. The Morgan fingerprint density at radius 3 is 2.42 bits per heavy atom. The quantitative estimate of drug-likeness (QED) is 0.633. The highest BCUT2D eigenvalue weighted by Gasteiger charge is 2.25. The van der Waals surface area contributed by atoms with Gasteiger partial charge in [-0.2, -0.15) is 0 Å². The standard InChI is InChI=1S/C10H18O2/c1-7(2)9-4-5-10(8(3)11)12-6-9/h7,9-10H,4-6H2,1-3H3/t9-,10+/m1/s1. The van der Waals surface area contributed by atoms with E-state index >= 15 is 0 Å². The van der Waals surface area contributed by atoms with Crippen molar-refractivity contribution >= 4 is 5.78 Å². The maximum absolute atomic E-state index is 11.0. The predicted molar refractivity (Wildman–Crippen MR) is 48.0 cm³/mol. The largest absolute Gasteiger partial charge is 0.370 e. The van der Waals surface area contributed by atoms with Crippen molar-refractivity contribution in [3.63, 3.8) is 0 Å². The molecule has 0 spiro atoms. The number of hydrogen-bond donors (Lipinski definition) is 0. The lowest BCUT2D eigenvalue weighted by atomic mass is 9.88. The van der Waals surface area contributed by atoms with Crippen LogP contribution in [0.2, 0.25) is 0 Å². The number of hydrogen-bond acceptors (Lipinski definition) is 2. The van der Waals surface area contributed by atoms with E-state index in [1.165, 1.54) is 0 Å². The second kappa shape index (κ2) is 4.04. The Hall–Kier alpha value is -0.370. The molecule has 0 N–H and O–H groups in total. The molecule has 2 nitrogen and oxygen atoms in total. The van der Waals surface area contributed by atoms with Crippen LogP contribution in [-0.2, 0) is 9.53 Å². The number of carbonyl (C=O) groups is 1. The molecule has 2 heteroatoms. The van der Waals surface area contributed by atoms with Gasteiger partial charge < -0.3 is 4.74 Å². The number of carbonyl (C=O) groups excluding carboxylic acids is 1. The molecule has 0 radical (unpaired) electrons. The Kier molecular flexibility index (Phi) is 3.27. The number of ketones is 1. The van der Waals surface area contributed by atoms with Gasteiger partial charge in [0.1, 0.15) is 6.10 Å². The van der Waals surface area contributed by atoms with Gasteiger partial charge in [-0.25, -0.2) is 0 Å². The molecule has 0 aromatic heterocycles. The maximum Gasteiger partial charge on any atom is 0.158 e. The fourth-order valence-corrected chi connectivity index (χ4v) is 1.62. The topological polar surface area (TPSA) is 26.3 Å². The van der Waals surface area contributed by atoms with Gasteiger partial charge in [-0.15, -0.1) is 0 Å². The van der Waals surface area contributed by atoms with E-state index in [0.717, 1.165) is 19.4 Å². The van der Waals surface area contributed by atoms with Gasteiger partial charge in [0.2, 0.25) is 0 Å². The van der Waals surface area contributed by atoms with Crippen LogP contribution in [-0.4, -0.2) is 18.5 Å². The first-order chi connectivity index (χ1) is 5.61. The zero-order valence-electron chi connectivity index (χ0n) is 8.17. The molecule has 0 aromatic rings. The van der Waals surface area contributed by atoms with E-state index in [2.05, 4.69) is 13.8 Å². The van der Waals surface area contributed by atoms with Gasteiger partial charge in [0, 0.05) is 0 Å². The Bertz CT molecular complexity index is 155. The molecule has 1 rings (SSSR count). The summed E-state index contributed by atoms with van der Waals surface area (Å²) in [7, 11) is 0. The van der Waals surface area contributed by atoms with Crippen molar-refractivity contribution in [2.24, 2.45) is 11.8 Å². The summed E-state index contributed by atoms with van der Waals surface area (Å²) in [4.78, 5) is 11.0. The lowest BCUT2D eigenvalue weighted by molar-refractivity contribution is -0.133. The first-order valence-corrected chi connectivity index (χ1v) is 4.73. The third-order valence-corrected chi connectivity index (χ3v) is 2.71. The smallest absolute Gasteiger partial charge is 0.158 e. The summed E-state index contributed by atoms with van der Waals surface area (Å²) < 4.78 is 5.46. The summed E-state index contributed by atoms with van der Waals surface area (Å²) in [5.74, 6) is 1.51. The van der Waals surface area contributed by atoms with E-state index < -0.39 is 0 Å². The Morgan fingerprint density at radius 2 is 2.08 bits per heavy atom. The SMILES string of the molecule is CC(=O)[C@@H]1CC[C@@H](C(C)C)CO1. The zero-order valence-corrected chi connectivity index (χ0v) is 8.17. The van der Waals surface area contributed by atoms with E-state index in [1.54, 1.807) is 6.92 Å². The molecule has 1 saturated heterocycles. The predicted octanol–water partition coefficient (Wildman–Crippen LogP) is 2.03. The minimum Gasteiger partial charge on any atom is -0.370 e. The summed E-state index contributed by atoms with van der Waals surface area (Å²) in [5, 5.41) is 0. The van der Waals surface area contributed by atoms with Crippen LogP contribution in [0.5, 0.6) is 0 Å². The Labute approximate surface area is 74.3 Å². The molecule has 0 amide bonds. The van der Waals surface area contributed by atoms with Gasteiger partial charge in [-0.3, -0.25) is 4.79 Å². The second-order valence-corrected chi connectivity index (χ2v) is 4.01. The number of ether oxygens (including phenoxy) is 1. The molecule has 0 aromatic carbocycles. The summed E-state index contributed by atoms with van der Waals surface area (Å²) in [5.41, 5.74) is 0. The second-order valence-electron chi connectivity index (χ2n) is 4.01. The van der Waals surface area contributed by atoms with Crippen LogP contribution in [0.25, 0.3) is 0 Å². The lowest BCUT2D eigenvalue weighted by Gasteiger charge is -2.29. The third-order valence-electron chi connectivity index (χ3n) is 2.71. The lowest BCUT2D eigenvalue weighted by Crippen LogP contribution is -2.32. The van der Waals surface area contributed by atoms with Gasteiger partial charge in [0.15, 0.2) is 5.78 Å². The van der Waals surface area contributed by atoms with Crippen LogP contribution in [0.4, 0.5) is 0 Å². The molecule has 0 saturated carbocycles. The van der Waals surface area contributed by atoms with E-state index in [1.807, 2.05) is 0 Å². The number of rotatable bonds is 2. The van der Waals surface area contributed by atoms with E-state index in [9.17, 15) is 4.79 Å². The normalized spacial score (nSPS) is 30.7. The molecule has 0 aliphatic carbocycles. The highest BCUT2D eigenvalue weighted by Crippen LogP contribution is 2.25. The third kappa shape index (κ3) is 2.31.